The lowest BCUT2D eigenvalue weighted by Crippen LogP contribution is -2.04. The fourth-order valence-electron chi connectivity index (χ4n) is 0.896. The van der Waals surface area contributed by atoms with Crippen molar-refractivity contribution in [2.45, 2.75) is 25.7 Å². The second-order valence-electron chi connectivity index (χ2n) is 3.20. The molecule has 0 saturated carbocycles. The fraction of sp³-hybridized carbons (Fsp3) is 0.500. The van der Waals surface area contributed by atoms with Crippen molar-refractivity contribution in [1.29, 1.82) is 0 Å². The van der Waals surface area contributed by atoms with Gasteiger partial charge in [0.15, 0.2) is 0 Å². The zero-order chi connectivity index (χ0) is 13.1. The summed E-state index contributed by atoms with van der Waals surface area (Å²) in [6.45, 7) is 0. The van der Waals surface area contributed by atoms with Gasteiger partial charge in [0, 0.05) is 18.8 Å². The normalized spacial score (nSPS) is 10.8. The Hall–Kier alpha value is -1.08. The summed E-state index contributed by atoms with van der Waals surface area (Å²) in [5, 5.41) is 0. The van der Waals surface area contributed by atoms with E-state index >= 15 is 0 Å². The molecule has 1 aromatic rings. The molecule has 0 aliphatic carbocycles. The molecule has 1 heterocycles. The third kappa shape index (κ3) is 14.9. The maximum absolute atomic E-state index is 11.4. The first-order valence-corrected chi connectivity index (χ1v) is 6.61. The van der Waals surface area contributed by atoms with Gasteiger partial charge in [0.05, 0.1) is 5.75 Å². The van der Waals surface area contributed by atoms with E-state index in [4.69, 9.17) is 4.55 Å². The molecule has 0 bridgehead atoms. The third-order valence-corrected chi connectivity index (χ3v) is 2.45. The van der Waals surface area contributed by atoms with Gasteiger partial charge < -0.3 is 0 Å². The Morgan fingerprint density at radius 1 is 1.12 bits per heavy atom. The van der Waals surface area contributed by atoms with Crippen molar-refractivity contribution < 1.29 is 21.8 Å². The summed E-state index contributed by atoms with van der Waals surface area (Å²) < 4.78 is 51.1. The third-order valence-electron chi connectivity index (χ3n) is 1.64. The quantitative estimate of drug-likeness (QED) is 0.657. The molecule has 0 unspecified atom stereocenters. The second kappa shape index (κ2) is 9.00. The Morgan fingerprint density at radius 3 is 2.00 bits per heavy atom. The van der Waals surface area contributed by atoms with Crippen molar-refractivity contribution in [3.8, 4) is 0 Å². The smallest absolute Gasteiger partial charge is 0.264 e. The Balaban J connectivity index is 0.000000354. The van der Waals surface area contributed by atoms with Gasteiger partial charge in [-0.25, -0.2) is 8.78 Å². The molecule has 98 valence electrons. The minimum Gasteiger partial charge on any atom is -0.286 e. The van der Waals surface area contributed by atoms with Gasteiger partial charge in [0.1, 0.15) is 0 Å². The lowest BCUT2D eigenvalue weighted by Gasteiger charge is -1.97. The van der Waals surface area contributed by atoms with Crippen LogP contribution in [0, 0.1) is 0 Å². The predicted molar refractivity (Wildman–Crippen MR) is 60.5 cm³/mol. The number of rotatable bonds is 5. The average molecular weight is 267 g/mol. The van der Waals surface area contributed by atoms with E-state index in [9.17, 15) is 17.2 Å². The lowest BCUT2D eigenvalue weighted by atomic mass is 10.3. The largest absolute Gasteiger partial charge is 0.286 e. The zero-order valence-corrected chi connectivity index (χ0v) is 9.98. The standard InChI is InChI=1S/C5H10F2O3S.C5H5N/c6-5(7)3-1-2-4-11(8,9)10;1-2-4-6-5-3-1/h5H,1-4H2,(H,8,9,10);1-5H. The van der Waals surface area contributed by atoms with E-state index in [-0.39, 0.29) is 19.3 Å². The van der Waals surface area contributed by atoms with E-state index in [0.29, 0.717) is 0 Å². The SMILES string of the molecule is O=S(=O)(O)CCCCC(F)F.c1ccncc1. The Bertz CT molecular complexity index is 344. The van der Waals surface area contributed by atoms with Gasteiger partial charge >= 0.3 is 0 Å². The first-order chi connectivity index (χ1) is 7.92. The van der Waals surface area contributed by atoms with Crippen LogP contribution in [0.1, 0.15) is 19.3 Å². The van der Waals surface area contributed by atoms with Gasteiger partial charge in [0.2, 0.25) is 6.43 Å². The Kier molecular flexibility index (Phi) is 8.43. The molecule has 4 nitrogen and oxygen atoms in total. The molecule has 0 saturated heterocycles. The highest BCUT2D eigenvalue weighted by Gasteiger charge is 2.06. The van der Waals surface area contributed by atoms with Crippen molar-refractivity contribution in [1.82, 2.24) is 4.98 Å². The summed E-state index contributed by atoms with van der Waals surface area (Å²) in [7, 11) is -3.97. The first kappa shape index (κ1) is 15.9. The van der Waals surface area contributed by atoms with Crippen molar-refractivity contribution in [3.05, 3.63) is 30.6 Å². The summed E-state index contributed by atoms with van der Waals surface area (Å²) in [6, 6.07) is 5.72. The monoisotopic (exact) mass is 267 g/mol. The molecular formula is C10H15F2NO3S. The van der Waals surface area contributed by atoms with Gasteiger partial charge in [0.25, 0.3) is 10.1 Å². The molecule has 7 heteroatoms. The highest BCUT2D eigenvalue weighted by Crippen LogP contribution is 2.06. The van der Waals surface area contributed by atoms with E-state index in [1.54, 1.807) is 12.4 Å². The van der Waals surface area contributed by atoms with Crippen LogP contribution in [-0.4, -0.2) is 30.1 Å². The van der Waals surface area contributed by atoms with Crippen LogP contribution in [-0.2, 0) is 10.1 Å². The number of hydrogen-bond acceptors (Lipinski definition) is 3. The molecule has 1 N–H and O–H groups in total. The van der Waals surface area contributed by atoms with Gasteiger partial charge in [-0.15, -0.1) is 0 Å². The van der Waals surface area contributed by atoms with E-state index in [2.05, 4.69) is 4.98 Å². The second-order valence-corrected chi connectivity index (χ2v) is 4.77. The Morgan fingerprint density at radius 2 is 1.71 bits per heavy atom. The molecule has 0 amide bonds. The first-order valence-electron chi connectivity index (χ1n) is 5.00. The fourth-order valence-corrected chi connectivity index (χ4v) is 1.46. The van der Waals surface area contributed by atoms with Crippen LogP contribution in [0.15, 0.2) is 30.6 Å². The molecule has 1 aromatic heterocycles. The van der Waals surface area contributed by atoms with Crippen molar-refractivity contribution in [3.63, 3.8) is 0 Å². The number of pyridine rings is 1. The zero-order valence-electron chi connectivity index (χ0n) is 9.17. The van der Waals surface area contributed by atoms with Gasteiger partial charge in [-0.3, -0.25) is 9.54 Å². The number of unbranched alkanes of at least 4 members (excludes halogenated alkanes) is 1. The maximum atomic E-state index is 11.4. The summed E-state index contributed by atoms with van der Waals surface area (Å²) in [5.41, 5.74) is 0. The van der Waals surface area contributed by atoms with Crippen LogP contribution in [0.2, 0.25) is 0 Å². The highest BCUT2D eigenvalue weighted by atomic mass is 32.2. The molecule has 0 fully saturated rings. The molecule has 0 atom stereocenters. The molecule has 17 heavy (non-hydrogen) atoms. The number of halogens is 2. The van der Waals surface area contributed by atoms with E-state index in [1.807, 2.05) is 18.2 Å². The van der Waals surface area contributed by atoms with Crippen LogP contribution in [0.5, 0.6) is 0 Å². The molecule has 0 spiro atoms. The van der Waals surface area contributed by atoms with Gasteiger partial charge in [-0.1, -0.05) is 6.07 Å². The van der Waals surface area contributed by atoms with Crippen LogP contribution in [0.25, 0.3) is 0 Å². The van der Waals surface area contributed by atoms with E-state index < -0.39 is 22.3 Å². The molecule has 0 aliphatic rings. The maximum Gasteiger partial charge on any atom is 0.264 e. The number of nitrogens with zero attached hydrogens (tertiary/aromatic N) is 1. The molecular weight excluding hydrogens is 252 g/mol. The predicted octanol–water partition coefficient (Wildman–Crippen LogP) is 2.39. The summed E-state index contributed by atoms with van der Waals surface area (Å²) in [6.07, 6.45) is 1.01. The van der Waals surface area contributed by atoms with Crippen LogP contribution >= 0.6 is 0 Å². The van der Waals surface area contributed by atoms with Crippen LogP contribution in [0.4, 0.5) is 8.78 Å². The number of hydrogen-bond donors (Lipinski definition) is 1. The summed E-state index contributed by atoms with van der Waals surface area (Å²) in [4.78, 5) is 3.78. The minimum absolute atomic E-state index is 0.0865. The topological polar surface area (TPSA) is 67.3 Å². The molecule has 0 radical (unpaired) electrons. The minimum atomic E-state index is -3.97. The highest BCUT2D eigenvalue weighted by molar-refractivity contribution is 7.85. The Labute approximate surface area is 99.4 Å². The lowest BCUT2D eigenvalue weighted by molar-refractivity contribution is 0.134. The van der Waals surface area contributed by atoms with E-state index in [1.165, 1.54) is 0 Å². The van der Waals surface area contributed by atoms with Crippen molar-refractivity contribution >= 4 is 10.1 Å². The van der Waals surface area contributed by atoms with E-state index in [0.717, 1.165) is 0 Å². The van der Waals surface area contributed by atoms with Crippen LogP contribution in [0.3, 0.4) is 0 Å². The molecule has 0 aliphatic heterocycles. The molecule has 1 rings (SSSR count). The van der Waals surface area contributed by atoms with Crippen LogP contribution < -0.4 is 0 Å². The number of alkyl halides is 2. The van der Waals surface area contributed by atoms with Gasteiger partial charge in [-0.05, 0) is 25.0 Å². The van der Waals surface area contributed by atoms with Gasteiger partial charge in [-0.2, -0.15) is 8.42 Å². The summed E-state index contributed by atoms with van der Waals surface area (Å²) >= 11 is 0. The van der Waals surface area contributed by atoms with Crippen molar-refractivity contribution in [2.75, 3.05) is 5.75 Å². The molecule has 0 aromatic carbocycles. The average Bonchev–Trinajstić information content (AvgIpc) is 2.26. The summed E-state index contributed by atoms with van der Waals surface area (Å²) in [5.74, 6) is -0.431. The van der Waals surface area contributed by atoms with Crippen molar-refractivity contribution in [2.24, 2.45) is 0 Å². The number of aromatic nitrogens is 1.